The number of pyridine rings is 1. The lowest BCUT2D eigenvalue weighted by Crippen LogP contribution is -2.19. The number of aromatic nitrogens is 3. The summed E-state index contributed by atoms with van der Waals surface area (Å²) < 4.78 is 8.95. The maximum absolute atomic E-state index is 11.9. The van der Waals surface area contributed by atoms with Crippen molar-refractivity contribution in [3.05, 3.63) is 64.3 Å². The van der Waals surface area contributed by atoms with Crippen molar-refractivity contribution >= 4 is 11.6 Å². The lowest BCUT2D eigenvalue weighted by molar-refractivity contribution is 0.233. The number of hydrogen-bond donors (Lipinski definition) is 1. The van der Waals surface area contributed by atoms with Gasteiger partial charge in [0.25, 0.3) is 5.56 Å². The smallest absolute Gasteiger partial charge is 0.250 e. The lowest BCUT2D eigenvalue weighted by Gasteiger charge is -2.08. The molecule has 0 atom stereocenters. The van der Waals surface area contributed by atoms with Crippen molar-refractivity contribution in [2.45, 2.75) is 26.3 Å². The molecule has 0 aliphatic heterocycles. The lowest BCUT2D eigenvalue weighted by atomic mass is 10.1. The Hall–Kier alpha value is -2.57. The first-order valence-corrected chi connectivity index (χ1v) is 9.29. The Morgan fingerprint density at radius 3 is 2.81 bits per heavy atom. The Morgan fingerprint density at radius 2 is 2.07 bits per heavy atom. The van der Waals surface area contributed by atoms with E-state index in [0.29, 0.717) is 30.3 Å². The van der Waals surface area contributed by atoms with Crippen LogP contribution in [0.3, 0.4) is 0 Å². The van der Waals surface area contributed by atoms with Gasteiger partial charge in [0.1, 0.15) is 5.75 Å². The van der Waals surface area contributed by atoms with Gasteiger partial charge in [-0.25, -0.2) is 4.68 Å². The summed E-state index contributed by atoms with van der Waals surface area (Å²) in [6.07, 6.45) is 6.89. The van der Waals surface area contributed by atoms with E-state index in [1.54, 1.807) is 33.6 Å². The number of aliphatic hydroxyl groups excluding tert-OH is 1. The van der Waals surface area contributed by atoms with Crippen LogP contribution in [0.2, 0.25) is 5.02 Å². The molecule has 0 radical (unpaired) electrons. The molecule has 0 saturated heterocycles. The van der Waals surface area contributed by atoms with Crippen molar-refractivity contribution in [2.24, 2.45) is 0 Å². The average molecular weight is 388 g/mol. The summed E-state index contributed by atoms with van der Waals surface area (Å²) in [6.45, 7) is 3.24. The summed E-state index contributed by atoms with van der Waals surface area (Å²) in [4.78, 5) is 11.9. The first-order valence-electron chi connectivity index (χ1n) is 8.91. The number of benzene rings is 1. The summed E-state index contributed by atoms with van der Waals surface area (Å²) in [5.41, 5.74) is 2.51. The van der Waals surface area contributed by atoms with E-state index in [4.69, 9.17) is 21.4 Å². The zero-order chi connectivity index (χ0) is 19.2. The van der Waals surface area contributed by atoms with E-state index in [1.165, 1.54) is 0 Å². The van der Waals surface area contributed by atoms with Crippen LogP contribution in [-0.4, -0.2) is 32.7 Å². The number of hydrogen-bond acceptors (Lipinski definition) is 4. The van der Waals surface area contributed by atoms with Crippen molar-refractivity contribution in [3.63, 3.8) is 0 Å². The van der Waals surface area contributed by atoms with Crippen LogP contribution < -0.4 is 10.3 Å². The fourth-order valence-electron chi connectivity index (χ4n) is 2.75. The van der Waals surface area contributed by atoms with E-state index >= 15 is 0 Å². The van der Waals surface area contributed by atoms with Crippen LogP contribution in [0.4, 0.5) is 0 Å². The Balaban J connectivity index is 1.83. The molecule has 0 amide bonds. The minimum Gasteiger partial charge on any atom is -0.493 e. The fourth-order valence-corrected chi connectivity index (χ4v) is 3.03. The molecule has 6 nitrogen and oxygen atoms in total. The molecule has 0 saturated carbocycles. The van der Waals surface area contributed by atoms with Crippen molar-refractivity contribution in [1.29, 1.82) is 0 Å². The summed E-state index contributed by atoms with van der Waals surface area (Å²) in [7, 11) is 0. The van der Waals surface area contributed by atoms with Gasteiger partial charge in [-0.3, -0.25) is 4.79 Å². The predicted molar refractivity (Wildman–Crippen MR) is 106 cm³/mol. The molecular weight excluding hydrogens is 366 g/mol. The third kappa shape index (κ3) is 4.59. The van der Waals surface area contributed by atoms with Gasteiger partial charge in [0, 0.05) is 49.2 Å². The number of nitrogens with zero attached hydrogens (tertiary/aromatic N) is 3. The first kappa shape index (κ1) is 19.2. The van der Waals surface area contributed by atoms with Crippen LogP contribution in [-0.2, 0) is 6.54 Å². The second-order valence-electron chi connectivity index (χ2n) is 6.16. The summed E-state index contributed by atoms with van der Waals surface area (Å²) >= 11 is 6.41. The monoisotopic (exact) mass is 387 g/mol. The Bertz CT molecular complexity index is 965. The predicted octanol–water partition coefficient (Wildman–Crippen LogP) is 3.53. The van der Waals surface area contributed by atoms with E-state index < -0.39 is 0 Å². The van der Waals surface area contributed by atoms with Gasteiger partial charge in [0.15, 0.2) is 0 Å². The van der Waals surface area contributed by atoms with Crippen LogP contribution in [0, 0.1) is 0 Å². The highest BCUT2D eigenvalue weighted by atomic mass is 35.5. The number of aliphatic hydroxyl groups is 1. The molecule has 0 aliphatic carbocycles. The molecule has 27 heavy (non-hydrogen) atoms. The molecule has 0 fully saturated rings. The molecule has 0 unspecified atom stereocenters. The van der Waals surface area contributed by atoms with E-state index in [9.17, 15) is 4.79 Å². The molecule has 0 bridgehead atoms. The molecule has 3 rings (SSSR count). The molecule has 1 aromatic carbocycles. The number of rotatable bonds is 8. The summed E-state index contributed by atoms with van der Waals surface area (Å²) in [5.74, 6) is 0.663. The minimum atomic E-state index is -0.0205. The number of aryl methyl sites for hydroxylation is 1. The molecular formula is C20H22ClN3O3. The van der Waals surface area contributed by atoms with E-state index in [2.05, 4.69) is 5.10 Å². The van der Waals surface area contributed by atoms with Gasteiger partial charge < -0.3 is 14.4 Å². The van der Waals surface area contributed by atoms with Crippen LogP contribution in [0.25, 0.3) is 16.8 Å². The van der Waals surface area contributed by atoms with Gasteiger partial charge >= 0.3 is 0 Å². The van der Waals surface area contributed by atoms with Crippen LogP contribution in [0.5, 0.6) is 5.75 Å². The molecule has 0 spiro atoms. The summed E-state index contributed by atoms with van der Waals surface area (Å²) in [5, 5.41) is 13.8. The maximum atomic E-state index is 11.9. The largest absolute Gasteiger partial charge is 0.493 e. The SMILES string of the molecule is CCCn1cc(-n2cc(-c3ccc(OCCCO)cc3Cl)cn2)ccc1=O. The van der Waals surface area contributed by atoms with Crippen molar-refractivity contribution in [3.8, 4) is 22.6 Å². The van der Waals surface area contributed by atoms with Crippen molar-refractivity contribution in [1.82, 2.24) is 14.3 Å². The molecule has 0 aliphatic rings. The normalized spacial score (nSPS) is 10.9. The minimum absolute atomic E-state index is 0.0205. The highest BCUT2D eigenvalue weighted by Crippen LogP contribution is 2.31. The first-order chi connectivity index (χ1) is 13.1. The Labute approximate surface area is 162 Å². The molecule has 7 heteroatoms. The van der Waals surface area contributed by atoms with Crippen LogP contribution >= 0.6 is 11.6 Å². The third-order valence-corrected chi connectivity index (χ3v) is 4.41. The van der Waals surface area contributed by atoms with Crippen LogP contribution in [0.1, 0.15) is 19.8 Å². The Kier molecular flexibility index (Phi) is 6.32. The second kappa shape index (κ2) is 8.88. The quantitative estimate of drug-likeness (QED) is 0.600. The van der Waals surface area contributed by atoms with Crippen molar-refractivity contribution in [2.75, 3.05) is 13.2 Å². The molecule has 2 heterocycles. The van der Waals surface area contributed by atoms with Crippen molar-refractivity contribution < 1.29 is 9.84 Å². The number of halogens is 1. The second-order valence-corrected chi connectivity index (χ2v) is 6.57. The molecule has 1 N–H and O–H groups in total. The molecule has 142 valence electrons. The van der Waals surface area contributed by atoms with Gasteiger partial charge in [-0.2, -0.15) is 5.10 Å². The molecule has 3 aromatic rings. The fraction of sp³-hybridized carbons (Fsp3) is 0.300. The number of ether oxygens (including phenoxy) is 1. The average Bonchev–Trinajstić information content (AvgIpc) is 3.14. The highest BCUT2D eigenvalue weighted by molar-refractivity contribution is 6.33. The topological polar surface area (TPSA) is 69.3 Å². The maximum Gasteiger partial charge on any atom is 0.250 e. The van der Waals surface area contributed by atoms with E-state index in [0.717, 1.165) is 23.2 Å². The summed E-state index contributed by atoms with van der Waals surface area (Å²) in [6, 6.07) is 8.79. The third-order valence-electron chi connectivity index (χ3n) is 4.10. The Morgan fingerprint density at radius 1 is 1.22 bits per heavy atom. The van der Waals surface area contributed by atoms with Crippen LogP contribution in [0.15, 0.2) is 53.7 Å². The standard InChI is InChI=1S/C20H22ClN3O3/c1-2-8-23-14-16(4-7-20(23)26)24-13-15(12-22-24)18-6-5-17(11-19(18)21)27-10-3-9-25/h4-7,11-14,25H,2-3,8-10H2,1H3. The molecule has 2 aromatic heterocycles. The zero-order valence-corrected chi connectivity index (χ0v) is 15.9. The van der Waals surface area contributed by atoms with E-state index in [1.807, 2.05) is 31.5 Å². The van der Waals surface area contributed by atoms with Gasteiger partial charge in [0.05, 0.1) is 23.5 Å². The van der Waals surface area contributed by atoms with Gasteiger partial charge in [0.2, 0.25) is 0 Å². The van der Waals surface area contributed by atoms with Gasteiger partial charge in [-0.15, -0.1) is 0 Å². The van der Waals surface area contributed by atoms with E-state index in [-0.39, 0.29) is 12.2 Å². The highest BCUT2D eigenvalue weighted by Gasteiger charge is 2.09. The zero-order valence-electron chi connectivity index (χ0n) is 15.1. The van der Waals surface area contributed by atoms with Gasteiger partial charge in [-0.05, 0) is 30.7 Å². The van der Waals surface area contributed by atoms with Gasteiger partial charge in [-0.1, -0.05) is 18.5 Å².